The number of benzene rings is 1. The third-order valence-electron chi connectivity index (χ3n) is 2.07. The van der Waals surface area contributed by atoms with E-state index >= 15 is 0 Å². The fourth-order valence-corrected chi connectivity index (χ4v) is 1.58. The highest BCUT2D eigenvalue weighted by atomic mass is 35.5. The Hall–Kier alpha value is -1.94. The molecule has 0 aliphatic carbocycles. The van der Waals surface area contributed by atoms with Gasteiger partial charge in [0.05, 0.1) is 0 Å². The number of ether oxygens (including phenoxy) is 1. The summed E-state index contributed by atoms with van der Waals surface area (Å²) in [5, 5.41) is 0.555. The van der Waals surface area contributed by atoms with E-state index in [9.17, 15) is 4.79 Å². The van der Waals surface area contributed by atoms with Crippen molar-refractivity contribution in [3.8, 4) is 16.9 Å². The van der Waals surface area contributed by atoms with E-state index in [4.69, 9.17) is 16.3 Å². The molecule has 0 N–H and O–H groups in total. The molecule has 86 valence electrons. The second-order valence-corrected chi connectivity index (χ2v) is 3.80. The van der Waals surface area contributed by atoms with Crippen LogP contribution in [0, 0.1) is 0 Å². The van der Waals surface area contributed by atoms with Crippen LogP contribution in [0.2, 0.25) is 5.02 Å². The van der Waals surface area contributed by atoms with Crippen LogP contribution in [0.3, 0.4) is 0 Å². The average molecular weight is 249 g/mol. The Labute approximate surface area is 103 Å². The van der Waals surface area contributed by atoms with Crippen molar-refractivity contribution in [3.05, 3.63) is 41.9 Å². The molecule has 4 nitrogen and oxygen atoms in total. The lowest BCUT2D eigenvalue weighted by atomic mass is 10.1. The lowest BCUT2D eigenvalue weighted by Gasteiger charge is -2.08. The summed E-state index contributed by atoms with van der Waals surface area (Å²) in [6.07, 6.45) is 4.69. The van der Waals surface area contributed by atoms with Gasteiger partial charge in [0.15, 0.2) is 0 Å². The Morgan fingerprint density at radius 3 is 2.65 bits per heavy atom. The molecule has 0 bridgehead atoms. The molecule has 0 saturated heterocycles. The second kappa shape index (κ2) is 4.93. The van der Waals surface area contributed by atoms with Crippen molar-refractivity contribution in [1.29, 1.82) is 0 Å². The zero-order valence-corrected chi connectivity index (χ0v) is 9.81. The molecule has 1 aromatic heterocycles. The van der Waals surface area contributed by atoms with Crippen molar-refractivity contribution >= 4 is 17.6 Å². The van der Waals surface area contributed by atoms with Crippen molar-refractivity contribution < 1.29 is 9.53 Å². The zero-order chi connectivity index (χ0) is 12.3. The number of hydrogen-bond acceptors (Lipinski definition) is 4. The van der Waals surface area contributed by atoms with Crippen molar-refractivity contribution in [1.82, 2.24) is 9.97 Å². The third-order valence-corrected chi connectivity index (χ3v) is 2.30. The Morgan fingerprint density at radius 2 is 2.00 bits per heavy atom. The van der Waals surface area contributed by atoms with E-state index in [1.165, 1.54) is 13.3 Å². The minimum Gasteiger partial charge on any atom is -0.426 e. The van der Waals surface area contributed by atoms with E-state index in [-0.39, 0.29) is 5.97 Å². The lowest BCUT2D eigenvalue weighted by Crippen LogP contribution is -2.02. The number of carbonyl (C=O) groups is 1. The molecule has 1 aromatic carbocycles. The number of rotatable bonds is 2. The largest absolute Gasteiger partial charge is 0.426 e. The van der Waals surface area contributed by atoms with Gasteiger partial charge in [0, 0.05) is 35.5 Å². The first kappa shape index (κ1) is 11.5. The maximum atomic E-state index is 11.0. The van der Waals surface area contributed by atoms with Crippen LogP contribution in [-0.2, 0) is 4.79 Å². The standard InChI is InChI=1S/C12H9ClN2O2/c1-8(16)17-12-3-2-10(13)4-11(12)9-5-14-7-15-6-9/h2-7H,1H3. The number of carbonyl (C=O) groups excluding carboxylic acids is 1. The SMILES string of the molecule is CC(=O)Oc1ccc(Cl)cc1-c1cncnc1. The van der Waals surface area contributed by atoms with Crippen LogP contribution in [0.4, 0.5) is 0 Å². The van der Waals surface area contributed by atoms with Crippen molar-refractivity contribution in [2.24, 2.45) is 0 Å². The van der Waals surface area contributed by atoms with Gasteiger partial charge in [-0.2, -0.15) is 0 Å². The number of nitrogens with zero attached hydrogens (tertiary/aromatic N) is 2. The summed E-state index contributed by atoms with van der Waals surface area (Å²) in [7, 11) is 0. The van der Waals surface area contributed by atoms with Gasteiger partial charge >= 0.3 is 5.97 Å². The monoisotopic (exact) mass is 248 g/mol. The van der Waals surface area contributed by atoms with Gasteiger partial charge in [0.2, 0.25) is 0 Å². The molecule has 0 atom stereocenters. The molecule has 0 amide bonds. The van der Waals surface area contributed by atoms with Crippen LogP contribution >= 0.6 is 11.6 Å². The maximum Gasteiger partial charge on any atom is 0.308 e. The average Bonchev–Trinajstić information content (AvgIpc) is 2.32. The molecule has 2 aromatic rings. The lowest BCUT2D eigenvalue weighted by molar-refractivity contribution is -0.131. The maximum absolute atomic E-state index is 11.0. The normalized spacial score (nSPS) is 10.0. The van der Waals surface area contributed by atoms with Gasteiger partial charge in [-0.25, -0.2) is 9.97 Å². The molecule has 5 heteroatoms. The van der Waals surface area contributed by atoms with Crippen LogP contribution in [0.1, 0.15) is 6.92 Å². The summed E-state index contributed by atoms with van der Waals surface area (Å²) < 4.78 is 5.10. The number of halogens is 1. The van der Waals surface area contributed by atoms with Crippen LogP contribution < -0.4 is 4.74 Å². The van der Waals surface area contributed by atoms with E-state index in [1.54, 1.807) is 30.6 Å². The van der Waals surface area contributed by atoms with Crippen LogP contribution in [0.15, 0.2) is 36.9 Å². The predicted molar refractivity (Wildman–Crippen MR) is 63.8 cm³/mol. The highest BCUT2D eigenvalue weighted by Gasteiger charge is 2.09. The first-order valence-corrected chi connectivity index (χ1v) is 5.28. The zero-order valence-electron chi connectivity index (χ0n) is 9.05. The highest BCUT2D eigenvalue weighted by Crippen LogP contribution is 2.31. The molecular weight excluding hydrogens is 240 g/mol. The molecule has 0 unspecified atom stereocenters. The predicted octanol–water partition coefficient (Wildman–Crippen LogP) is 2.72. The minimum atomic E-state index is -0.384. The number of aromatic nitrogens is 2. The van der Waals surface area contributed by atoms with Crippen molar-refractivity contribution in [3.63, 3.8) is 0 Å². The van der Waals surface area contributed by atoms with Crippen molar-refractivity contribution in [2.45, 2.75) is 6.92 Å². The van der Waals surface area contributed by atoms with E-state index in [2.05, 4.69) is 9.97 Å². The first-order chi connectivity index (χ1) is 8.16. The molecular formula is C12H9ClN2O2. The third kappa shape index (κ3) is 2.79. The molecule has 0 fully saturated rings. The minimum absolute atomic E-state index is 0.384. The van der Waals surface area contributed by atoms with Gasteiger partial charge in [-0.3, -0.25) is 4.79 Å². The summed E-state index contributed by atoms with van der Waals surface area (Å²) >= 11 is 5.92. The molecule has 0 radical (unpaired) electrons. The Bertz CT molecular complexity index is 543. The van der Waals surface area contributed by atoms with Crippen LogP contribution in [0.25, 0.3) is 11.1 Å². The first-order valence-electron chi connectivity index (χ1n) is 4.90. The second-order valence-electron chi connectivity index (χ2n) is 3.36. The highest BCUT2D eigenvalue weighted by molar-refractivity contribution is 6.31. The topological polar surface area (TPSA) is 52.1 Å². The van der Waals surface area contributed by atoms with Gasteiger partial charge in [-0.15, -0.1) is 0 Å². The Balaban J connectivity index is 2.51. The molecule has 0 spiro atoms. The molecule has 2 rings (SSSR count). The molecule has 1 heterocycles. The fourth-order valence-electron chi connectivity index (χ4n) is 1.41. The van der Waals surface area contributed by atoms with Crippen LogP contribution in [0.5, 0.6) is 5.75 Å². The number of hydrogen-bond donors (Lipinski definition) is 0. The Morgan fingerprint density at radius 1 is 1.29 bits per heavy atom. The van der Waals surface area contributed by atoms with E-state index < -0.39 is 0 Å². The Kier molecular flexibility index (Phi) is 3.35. The van der Waals surface area contributed by atoms with Gasteiger partial charge in [0.25, 0.3) is 0 Å². The summed E-state index contributed by atoms with van der Waals surface area (Å²) in [6.45, 7) is 1.35. The van der Waals surface area contributed by atoms with E-state index in [0.29, 0.717) is 16.3 Å². The summed E-state index contributed by atoms with van der Waals surface area (Å²) in [5.74, 6) is 0.0575. The van der Waals surface area contributed by atoms with Crippen molar-refractivity contribution in [2.75, 3.05) is 0 Å². The van der Waals surface area contributed by atoms with E-state index in [0.717, 1.165) is 5.56 Å². The quantitative estimate of drug-likeness (QED) is 0.606. The van der Waals surface area contributed by atoms with E-state index in [1.807, 2.05) is 0 Å². The van der Waals surface area contributed by atoms with Gasteiger partial charge < -0.3 is 4.74 Å². The number of esters is 1. The molecule has 17 heavy (non-hydrogen) atoms. The smallest absolute Gasteiger partial charge is 0.308 e. The van der Waals surface area contributed by atoms with Crippen LogP contribution in [-0.4, -0.2) is 15.9 Å². The van der Waals surface area contributed by atoms with Gasteiger partial charge in [-0.1, -0.05) is 11.6 Å². The summed E-state index contributed by atoms with van der Waals surface area (Å²) in [4.78, 5) is 18.8. The molecule has 0 aliphatic heterocycles. The molecule has 0 saturated carbocycles. The summed E-state index contributed by atoms with van der Waals surface area (Å²) in [5.41, 5.74) is 1.43. The summed E-state index contributed by atoms with van der Waals surface area (Å²) in [6, 6.07) is 5.01. The van der Waals surface area contributed by atoms with Gasteiger partial charge in [-0.05, 0) is 18.2 Å². The van der Waals surface area contributed by atoms with Gasteiger partial charge in [0.1, 0.15) is 12.1 Å². The molecule has 0 aliphatic rings. The fraction of sp³-hybridized carbons (Fsp3) is 0.0833.